The van der Waals surface area contributed by atoms with Gasteiger partial charge < -0.3 is 9.47 Å². The molecule has 0 spiro atoms. The number of rotatable bonds is 1. The molecule has 0 N–H and O–H groups in total. The summed E-state index contributed by atoms with van der Waals surface area (Å²) >= 11 is 0. The Labute approximate surface area is 111 Å². The van der Waals surface area contributed by atoms with Gasteiger partial charge in [-0.05, 0) is 13.3 Å². The van der Waals surface area contributed by atoms with Crippen molar-refractivity contribution < 1.29 is 28.7 Å². The summed E-state index contributed by atoms with van der Waals surface area (Å²) in [6, 6.07) is 0. The molecule has 3 unspecified atom stereocenters. The largest absolute Gasteiger partial charge is 0.393 e. The maximum Gasteiger partial charge on any atom is 0.320 e. The second-order valence-electron chi connectivity index (χ2n) is 5.17. The number of carbonyl (C=O) groups excluding carboxylic acids is 4. The molecule has 106 valence electrons. The van der Waals surface area contributed by atoms with Crippen molar-refractivity contribution in [3.05, 3.63) is 0 Å². The molecule has 2 rings (SSSR count). The van der Waals surface area contributed by atoms with Crippen molar-refractivity contribution in [1.29, 1.82) is 0 Å². The molecule has 2 fully saturated rings. The van der Waals surface area contributed by atoms with E-state index < -0.39 is 23.3 Å². The third-order valence-electron chi connectivity index (χ3n) is 3.71. The third-order valence-corrected chi connectivity index (χ3v) is 3.71. The maximum atomic E-state index is 10.9. The van der Waals surface area contributed by atoms with Crippen molar-refractivity contribution in [2.75, 3.05) is 0 Å². The molecule has 0 aromatic rings. The number of esters is 4. The summed E-state index contributed by atoms with van der Waals surface area (Å²) in [4.78, 5) is 42.6. The van der Waals surface area contributed by atoms with Crippen LogP contribution in [0.15, 0.2) is 0 Å². The molecule has 0 amide bonds. The SMILES string of the molecule is CC1C(=O)OC(=O)C1C.CCC1(C)CC(=O)OC1=O. The first-order valence-corrected chi connectivity index (χ1v) is 6.22. The number of hydrogen-bond acceptors (Lipinski definition) is 6. The molecular formula is C13H18O6. The van der Waals surface area contributed by atoms with E-state index >= 15 is 0 Å². The van der Waals surface area contributed by atoms with Crippen LogP contribution < -0.4 is 0 Å². The molecule has 19 heavy (non-hydrogen) atoms. The van der Waals surface area contributed by atoms with Crippen LogP contribution in [-0.4, -0.2) is 23.9 Å². The summed E-state index contributed by atoms with van der Waals surface area (Å²) in [7, 11) is 0. The minimum atomic E-state index is -0.545. The molecule has 0 aromatic carbocycles. The van der Waals surface area contributed by atoms with E-state index in [1.54, 1.807) is 20.8 Å². The Morgan fingerprint density at radius 1 is 1.05 bits per heavy atom. The smallest absolute Gasteiger partial charge is 0.320 e. The van der Waals surface area contributed by atoms with Gasteiger partial charge in [0.05, 0.1) is 23.7 Å². The van der Waals surface area contributed by atoms with Crippen molar-refractivity contribution in [2.24, 2.45) is 17.3 Å². The van der Waals surface area contributed by atoms with Gasteiger partial charge in [0.15, 0.2) is 0 Å². The average molecular weight is 270 g/mol. The monoisotopic (exact) mass is 270 g/mol. The van der Waals surface area contributed by atoms with Gasteiger partial charge in [0, 0.05) is 0 Å². The molecule has 0 aliphatic carbocycles. The predicted octanol–water partition coefficient (Wildman–Crippen LogP) is 1.22. The van der Waals surface area contributed by atoms with E-state index in [1.807, 2.05) is 6.92 Å². The van der Waals surface area contributed by atoms with Gasteiger partial charge in [0.25, 0.3) is 0 Å². The van der Waals surface area contributed by atoms with Crippen LogP contribution in [0.4, 0.5) is 0 Å². The zero-order chi connectivity index (χ0) is 14.8. The first-order chi connectivity index (χ1) is 8.71. The molecule has 6 nitrogen and oxygen atoms in total. The Bertz CT molecular complexity index is 409. The molecule has 0 saturated carbocycles. The van der Waals surface area contributed by atoms with Crippen LogP contribution in [0, 0.1) is 17.3 Å². The highest BCUT2D eigenvalue weighted by molar-refractivity contribution is 5.97. The zero-order valence-corrected chi connectivity index (χ0v) is 11.5. The van der Waals surface area contributed by atoms with E-state index in [0.29, 0.717) is 6.42 Å². The standard InChI is InChI=1S/C7H10O3.C6H8O3/c1-3-7(2)4-5(8)10-6(7)9;1-3-4(2)6(8)9-5(3)7/h3-4H2,1-2H3;3-4H,1-2H3. The van der Waals surface area contributed by atoms with E-state index in [1.165, 1.54) is 0 Å². The van der Waals surface area contributed by atoms with Crippen LogP contribution >= 0.6 is 0 Å². The summed E-state index contributed by atoms with van der Waals surface area (Å²) in [5.74, 6) is -2.07. The molecule has 0 radical (unpaired) electrons. The van der Waals surface area contributed by atoms with Gasteiger partial charge in [0.1, 0.15) is 0 Å². The van der Waals surface area contributed by atoms with Crippen molar-refractivity contribution in [3.8, 4) is 0 Å². The Morgan fingerprint density at radius 2 is 1.53 bits per heavy atom. The van der Waals surface area contributed by atoms with Gasteiger partial charge in [-0.25, -0.2) is 0 Å². The summed E-state index contributed by atoms with van der Waals surface area (Å²) in [5.41, 5.74) is -0.545. The Kier molecular flexibility index (Phi) is 4.44. The van der Waals surface area contributed by atoms with Crippen LogP contribution in [0.2, 0.25) is 0 Å². The van der Waals surface area contributed by atoms with Crippen LogP contribution in [0.1, 0.15) is 40.5 Å². The fourth-order valence-corrected chi connectivity index (χ4v) is 1.62. The minimum absolute atomic E-state index is 0.238. The number of cyclic esters (lactones) is 4. The van der Waals surface area contributed by atoms with Crippen molar-refractivity contribution in [3.63, 3.8) is 0 Å². The van der Waals surface area contributed by atoms with Gasteiger partial charge in [-0.15, -0.1) is 0 Å². The summed E-state index contributed by atoms with van der Waals surface area (Å²) in [6.45, 7) is 7.01. The molecule has 2 aliphatic heterocycles. The van der Waals surface area contributed by atoms with Gasteiger partial charge in [-0.1, -0.05) is 20.8 Å². The van der Waals surface area contributed by atoms with E-state index in [-0.39, 0.29) is 24.2 Å². The topological polar surface area (TPSA) is 86.7 Å². The lowest BCUT2D eigenvalue weighted by Gasteiger charge is -2.12. The number of hydrogen-bond donors (Lipinski definition) is 0. The first-order valence-electron chi connectivity index (χ1n) is 6.22. The molecule has 3 atom stereocenters. The third kappa shape index (κ3) is 3.19. The lowest BCUT2D eigenvalue weighted by atomic mass is 9.86. The van der Waals surface area contributed by atoms with Gasteiger partial charge in [0.2, 0.25) is 0 Å². The first kappa shape index (κ1) is 15.3. The highest BCUT2D eigenvalue weighted by atomic mass is 16.6. The van der Waals surface area contributed by atoms with E-state index in [4.69, 9.17) is 0 Å². The van der Waals surface area contributed by atoms with Gasteiger partial charge >= 0.3 is 23.9 Å². The van der Waals surface area contributed by atoms with Crippen molar-refractivity contribution >= 4 is 23.9 Å². The second kappa shape index (κ2) is 5.50. The lowest BCUT2D eigenvalue weighted by molar-refractivity contribution is -0.156. The maximum absolute atomic E-state index is 10.9. The van der Waals surface area contributed by atoms with Gasteiger partial charge in [-0.2, -0.15) is 0 Å². The minimum Gasteiger partial charge on any atom is -0.393 e. The van der Waals surface area contributed by atoms with Gasteiger partial charge in [-0.3, -0.25) is 19.2 Å². The molecule has 0 aromatic heterocycles. The Morgan fingerprint density at radius 3 is 1.68 bits per heavy atom. The number of carbonyl (C=O) groups is 4. The molecule has 6 heteroatoms. The molecule has 0 bridgehead atoms. The van der Waals surface area contributed by atoms with Crippen LogP contribution in [0.5, 0.6) is 0 Å². The highest BCUT2D eigenvalue weighted by Crippen LogP contribution is 2.33. The molecule has 2 heterocycles. The molecule has 2 aliphatic rings. The Balaban J connectivity index is 0.000000191. The Hall–Kier alpha value is -1.72. The lowest BCUT2D eigenvalue weighted by Crippen LogP contribution is -2.20. The summed E-state index contributed by atoms with van der Waals surface area (Å²) in [6.07, 6.45) is 0.903. The zero-order valence-electron chi connectivity index (χ0n) is 11.5. The molecular weight excluding hydrogens is 252 g/mol. The van der Waals surface area contributed by atoms with Crippen molar-refractivity contribution in [1.82, 2.24) is 0 Å². The summed E-state index contributed by atoms with van der Waals surface area (Å²) < 4.78 is 8.70. The quantitative estimate of drug-likeness (QED) is 0.526. The van der Waals surface area contributed by atoms with E-state index in [0.717, 1.165) is 0 Å². The van der Waals surface area contributed by atoms with E-state index in [2.05, 4.69) is 9.47 Å². The average Bonchev–Trinajstić information content (AvgIpc) is 2.72. The normalized spacial score (nSPS) is 33.7. The van der Waals surface area contributed by atoms with Crippen LogP contribution in [0.25, 0.3) is 0 Å². The fraction of sp³-hybridized carbons (Fsp3) is 0.692. The van der Waals surface area contributed by atoms with Crippen LogP contribution in [0.3, 0.4) is 0 Å². The molecule has 2 saturated heterocycles. The highest BCUT2D eigenvalue weighted by Gasteiger charge is 2.43. The van der Waals surface area contributed by atoms with Crippen LogP contribution in [-0.2, 0) is 28.7 Å². The fourth-order valence-electron chi connectivity index (χ4n) is 1.62. The number of ether oxygens (including phenoxy) is 2. The van der Waals surface area contributed by atoms with Crippen molar-refractivity contribution in [2.45, 2.75) is 40.5 Å². The predicted molar refractivity (Wildman–Crippen MR) is 63.5 cm³/mol. The van der Waals surface area contributed by atoms with E-state index in [9.17, 15) is 19.2 Å². The second-order valence-corrected chi connectivity index (χ2v) is 5.17. The summed E-state index contributed by atoms with van der Waals surface area (Å²) in [5, 5.41) is 0.